The van der Waals surface area contributed by atoms with Crippen LogP contribution in [0.25, 0.3) is 0 Å². The van der Waals surface area contributed by atoms with Crippen LogP contribution < -0.4 is 5.32 Å². The Morgan fingerprint density at radius 2 is 2.44 bits per heavy atom. The molecule has 3 nitrogen and oxygen atoms in total. The van der Waals surface area contributed by atoms with Crippen molar-refractivity contribution in [2.45, 2.75) is 38.0 Å². The van der Waals surface area contributed by atoms with Crippen LogP contribution in [-0.2, 0) is 10.5 Å². The lowest BCUT2D eigenvalue weighted by Gasteiger charge is -2.09. The number of aromatic nitrogens is 1. The van der Waals surface area contributed by atoms with Gasteiger partial charge in [0.25, 0.3) is 0 Å². The highest BCUT2D eigenvalue weighted by Gasteiger charge is 2.14. The molecule has 4 heteroatoms. The summed E-state index contributed by atoms with van der Waals surface area (Å²) >= 11 is 1.92. The van der Waals surface area contributed by atoms with Crippen molar-refractivity contribution in [2.75, 3.05) is 24.2 Å². The maximum atomic E-state index is 5.61. The molecule has 1 aliphatic rings. The molecule has 1 aliphatic heterocycles. The van der Waals surface area contributed by atoms with Crippen LogP contribution >= 0.6 is 11.8 Å². The predicted octanol–water partition coefficient (Wildman–Crippen LogP) is 3.32. The highest BCUT2D eigenvalue weighted by Crippen LogP contribution is 2.20. The molecule has 1 fully saturated rings. The first kappa shape index (κ1) is 13.7. The molecular formula is C14H22N2OS. The topological polar surface area (TPSA) is 34.1 Å². The lowest BCUT2D eigenvalue weighted by Crippen LogP contribution is -2.08. The van der Waals surface area contributed by atoms with E-state index in [0.29, 0.717) is 6.10 Å². The first-order valence-corrected chi connectivity index (χ1v) is 7.93. The monoisotopic (exact) mass is 266 g/mol. The lowest BCUT2D eigenvalue weighted by molar-refractivity contribution is 0.129. The van der Waals surface area contributed by atoms with Crippen LogP contribution in [0.2, 0.25) is 0 Å². The van der Waals surface area contributed by atoms with Crippen molar-refractivity contribution in [3.8, 4) is 0 Å². The number of hydrogen-bond donors (Lipinski definition) is 1. The molecule has 0 aliphatic carbocycles. The second-order valence-electron chi connectivity index (χ2n) is 4.59. The maximum absolute atomic E-state index is 5.61. The molecule has 0 saturated carbocycles. The van der Waals surface area contributed by atoms with Gasteiger partial charge in [0.15, 0.2) is 0 Å². The number of pyridine rings is 1. The van der Waals surface area contributed by atoms with Crippen molar-refractivity contribution < 1.29 is 4.74 Å². The molecule has 0 bridgehead atoms. The standard InChI is InChI=1S/C14H22N2OS/c1-2-8-15-14-7-3-5-12(16-14)10-18-11-13-6-4-9-17-13/h3,5,7,13H,2,4,6,8-11H2,1H3,(H,15,16). The molecule has 0 radical (unpaired) electrons. The van der Waals surface area contributed by atoms with E-state index in [1.807, 2.05) is 17.8 Å². The molecule has 1 unspecified atom stereocenters. The van der Waals surface area contributed by atoms with Gasteiger partial charge in [-0.2, -0.15) is 11.8 Å². The normalized spacial score (nSPS) is 19.1. The van der Waals surface area contributed by atoms with E-state index >= 15 is 0 Å². The Hall–Kier alpha value is -0.740. The van der Waals surface area contributed by atoms with Gasteiger partial charge in [-0.15, -0.1) is 0 Å². The van der Waals surface area contributed by atoms with Crippen LogP contribution in [0.1, 0.15) is 31.9 Å². The predicted molar refractivity (Wildman–Crippen MR) is 78.2 cm³/mol. The van der Waals surface area contributed by atoms with Crippen molar-refractivity contribution in [3.63, 3.8) is 0 Å². The van der Waals surface area contributed by atoms with Crippen molar-refractivity contribution in [3.05, 3.63) is 23.9 Å². The summed E-state index contributed by atoms with van der Waals surface area (Å²) in [5.41, 5.74) is 1.15. The van der Waals surface area contributed by atoms with E-state index in [0.717, 1.165) is 42.6 Å². The average molecular weight is 266 g/mol. The smallest absolute Gasteiger partial charge is 0.126 e. The third kappa shape index (κ3) is 4.50. The van der Waals surface area contributed by atoms with E-state index in [4.69, 9.17) is 4.74 Å². The fourth-order valence-corrected chi connectivity index (χ4v) is 3.00. The van der Waals surface area contributed by atoms with Crippen LogP contribution in [0.15, 0.2) is 18.2 Å². The van der Waals surface area contributed by atoms with E-state index < -0.39 is 0 Å². The summed E-state index contributed by atoms with van der Waals surface area (Å²) in [7, 11) is 0. The molecule has 18 heavy (non-hydrogen) atoms. The molecule has 2 rings (SSSR count). The van der Waals surface area contributed by atoms with E-state index in [9.17, 15) is 0 Å². The third-order valence-electron chi connectivity index (χ3n) is 2.94. The number of rotatable bonds is 7. The molecule has 1 N–H and O–H groups in total. The van der Waals surface area contributed by atoms with Crippen molar-refractivity contribution in [1.82, 2.24) is 4.98 Å². The Morgan fingerprint density at radius 3 is 3.22 bits per heavy atom. The minimum atomic E-state index is 0.469. The number of hydrogen-bond acceptors (Lipinski definition) is 4. The molecule has 100 valence electrons. The van der Waals surface area contributed by atoms with Crippen molar-refractivity contribution in [1.29, 1.82) is 0 Å². The van der Waals surface area contributed by atoms with Gasteiger partial charge >= 0.3 is 0 Å². The fourth-order valence-electron chi connectivity index (χ4n) is 1.98. The molecule has 2 heterocycles. The van der Waals surface area contributed by atoms with Gasteiger partial charge < -0.3 is 10.1 Å². The van der Waals surface area contributed by atoms with Crippen molar-refractivity contribution >= 4 is 17.6 Å². The van der Waals surface area contributed by atoms with Crippen LogP contribution in [0.4, 0.5) is 5.82 Å². The lowest BCUT2D eigenvalue weighted by atomic mass is 10.3. The Kier molecular flexibility index (Phi) is 5.81. The summed E-state index contributed by atoms with van der Waals surface area (Å²) in [6.07, 6.45) is 4.04. The maximum Gasteiger partial charge on any atom is 0.126 e. The summed E-state index contributed by atoms with van der Waals surface area (Å²) in [6, 6.07) is 6.20. The number of ether oxygens (including phenoxy) is 1. The van der Waals surface area contributed by atoms with Gasteiger partial charge in [0.2, 0.25) is 0 Å². The van der Waals surface area contributed by atoms with Crippen LogP contribution in [0.3, 0.4) is 0 Å². The zero-order valence-electron chi connectivity index (χ0n) is 11.0. The van der Waals surface area contributed by atoms with Crippen LogP contribution in [0.5, 0.6) is 0 Å². The molecule has 0 spiro atoms. The van der Waals surface area contributed by atoms with Gasteiger partial charge in [0.05, 0.1) is 11.8 Å². The van der Waals surface area contributed by atoms with Gasteiger partial charge in [-0.1, -0.05) is 13.0 Å². The SMILES string of the molecule is CCCNc1cccc(CSCC2CCCO2)n1. The van der Waals surface area contributed by atoms with E-state index in [1.165, 1.54) is 12.8 Å². The largest absolute Gasteiger partial charge is 0.377 e. The highest BCUT2D eigenvalue weighted by atomic mass is 32.2. The van der Waals surface area contributed by atoms with Crippen LogP contribution in [0, 0.1) is 0 Å². The molecule has 0 aromatic carbocycles. The molecule has 0 amide bonds. The molecule has 1 aromatic heterocycles. The summed E-state index contributed by atoms with van der Waals surface area (Å²) in [6.45, 7) is 4.09. The number of nitrogens with one attached hydrogen (secondary N) is 1. The summed E-state index contributed by atoms with van der Waals surface area (Å²) in [4.78, 5) is 4.60. The second kappa shape index (κ2) is 7.64. The number of nitrogens with zero attached hydrogens (tertiary/aromatic N) is 1. The third-order valence-corrected chi connectivity index (χ3v) is 4.05. The van der Waals surface area contributed by atoms with Gasteiger partial charge in [-0.25, -0.2) is 4.98 Å². The molecule has 1 atom stereocenters. The van der Waals surface area contributed by atoms with Gasteiger partial charge in [0.1, 0.15) is 5.82 Å². The molecule has 1 aromatic rings. The quantitative estimate of drug-likeness (QED) is 0.821. The minimum Gasteiger partial charge on any atom is -0.377 e. The second-order valence-corrected chi connectivity index (χ2v) is 5.62. The molecule has 1 saturated heterocycles. The zero-order chi connectivity index (χ0) is 12.6. The van der Waals surface area contributed by atoms with Gasteiger partial charge in [0, 0.05) is 24.7 Å². The van der Waals surface area contributed by atoms with E-state index in [1.54, 1.807) is 0 Å². The Labute approximate surface area is 114 Å². The summed E-state index contributed by atoms with van der Waals surface area (Å²) in [5, 5.41) is 3.32. The Bertz CT molecular complexity index is 353. The summed E-state index contributed by atoms with van der Waals surface area (Å²) in [5.74, 6) is 3.06. The Balaban J connectivity index is 1.74. The zero-order valence-corrected chi connectivity index (χ0v) is 11.8. The highest BCUT2D eigenvalue weighted by molar-refractivity contribution is 7.98. The number of thioether (sulfide) groups is 1. The average Bonchev–Trinajstić information content (AvgIpc) is 2.90. The minimum absolute atomic E-state index is 0.469. The van der Waals surface area contributed by atoms with E-state index in [-0.39, 0.29) is 0 Å². The molecular weight excluding hydrogens is 244 g/mol. The van der Waals surface area contributed by atoms with Gasteiger partial charge in [-0.05, 0) is 31.4 Å². The van der Waals surface area contributed by atoms with Crippen molar-refractivity contribution in [2.24, 2.45) is 0 Å². The van der Waals surface area contributed by atoms with E-state index in [2.05, 4.69) is 29.4 Å². The first-order chi connectivity index (χ1) is 8.88. The first-order valence-electron chi connectivity index (χ1n) is 6.77. The number of anilines is 1. The Morgan fingerprint density at radius 1 is 1.50 bits per heavy atom. The van der Waals surface area contributed by atoms with Gasteiger partial charge in [-0.3, -0.25) is 0 Å². The fraction of sp³-hybridized carbons (Fsp3) is 0.643. The summed E-state index contributed by atoms with van der Waals surface area (Å²) < 4.78 is 5.61. The van der Waals surface area contributed by atoms with Crippen LogP contribution in [-0.4, -0.2) is 30.0 Å².